The van der Waals surface area contributed by atoms with Crippen molar-refractivity contribution in [1.82, 2.24) is 14.4 Å². The molecule has 2 fully saturated rings. The molecule has 0 spiro atoms. The van der Waals surface area contributed by atoms with Crippen LogP contribution in [0.25, 0.3) is 10.9 Å². The Balaban J connectivity index is 0.000000239. The number of hydrogen-bond donors (Lipinski definition) is 2. The van der Waals surface area contributed by atoms with Crippen LogP contribution in [-0.4, -0.2) is 91.9 Å². The Hall–Kier alpha value is -2.66. The zero-order valence-corrected chi connectivity index (χ0v) is 27.8. The zero-order chi connectivity index (χ0) is 32.7. The van der Waals surface area contributed by atoms with Gasteiger partial charge in [0.2, 0.25) is 6.41 Å². The number of aromatic nitrogens is 1. The van der Waals surface area contributed by atoms with Crippen molar-refractivity contribution in [2.75, 3.05) is 45.8 Å². The summed E-state index contributed by atoms with van der Waals surface area (Å²) < 4.78 is 19.2. The third-order valence-electron chi connectivity index (χ3n) is 9.17. The lowest BCUT2D eigenvalue weighted by molar-refractivity contribution is -0.111. The Labute approximate surface area is 263 Å². The lowest BCUT2D eigenvalue weighted by Crippen LogP contribution is -2.45. The first-order valence-corrected chi connectivity index (χ1v) is 16.1. The largest absolute Gasteiger partial charge is 0.359 e. The van der Waals surface area contributed by atoms with E-state index >= 15 is 0 Å². The maximum absolute atomic E-state index is 11.9. The van der Waals surface area contributed by atoms with Crippen molar-refractivity contribution >= 4 is 35.6 Å². The number of likely N-dealkylation sites (N-methyl/N-ethyl adjacent to an activating group) is 1. The molecule has 4 unspecified atom stereocenters. The van der Waals surface area contributed by atoms with E-state index in [2.05, 4.69) is 29.1 Å². The molecule has 0 saturated carbocycles. The van der Waals surface area contributed by atoms with E-state index in [4.69, 9.17) is 10.5 Å². The van der Waals surface area contributed by atoms with Gasteiger partial charge in [-0.15, -0.1) is 0 Å². The number of nitrogens with zero attached hydrogens (tertiary/aromatic N) is 3. The molecule has 10 heteroatoms. The van der Waals surface area contributed by atoms with Crippen molar-refractivity contribution < 1.29 is 23.5 Å². The van der Waals surface area contributed by atoms with E-state index in [0.29, 0.717) is 24.2 Å². The molecule has 3 heterocycles. The second-order valence-corrected chi connectivity index (χ2v) is 12.5. The molecule has 2 aliphatic heterocycles. The van der Waals surface area contributed by atoms with Gasteiger partial charge in [-0.1, -0.05) is 19.8 Å². The highest BCUT2D eigenvalue weighted by Crippen LogP contribution is 2.29. The number of rotatable bonds is 13. The van der Waals surface area contributed by atoms with Crippen LogP contribution in [0.5, 0.6) is 0 Å². The number of carbonyl (C=O) groups excluding carboxylic acids is 3. The summed E-state index contributed by atoms with van der Waals surface area (Å²) in [6, 6.07) is 8.53. The lowest BCUT2D eigenvalue weighted by Gasteiger charge is -2.35. The average Bonchev–Trinajstić information content (AvgIpc) is 3.59. The predicted octanol–water partition coefficient (Wildman–Crippen LogP) is 5.60. The number of amides is 1. The highest BCUT2D eigenvalue weighted by molar-refractivity contribution is 5.92. The van der Waals surface area contributed by atoms with Gasteiger partial charge in [0.25, 0.3) is 0 Å². The molecule has 2 aliphatic rings. The predicted molar refractivity (Wildman–Crippen MR) is 177 cm³/mol. The number of hydrogen-bond acceptors (Lipinski definition) is 7. The van der Waals surface area contributed by atoms with Crippen molar-refractivity contribution in [3.8, 4) is 0 Å². The Morgan fingerprint density at radius 2 is 1.82 bits per heavy atom. The topological polar surface area (TPSA) is 110 Å². The maximum atomic E-state index is 11.9. The third kappa shape index (κ3) is 10.8. The minimum atomic E-state index is -0.627. The van der Waals surface area contributed by atoms with Crippen molar-refractivity contribution in [3.05, 3.63) is 30.0 Å². The summed E-state index contributed by atoms with van der Waals surface area (Å²) in [5, 5.41) is 3.46. The molecule has 4 rings (SSSR count). The van der Waals surface area contributed by atoms with Crippen LogP contribution in [-0.2, 0) is 20.1 Å². The number of carbonyl (C=O) groups is 3. The Morgan fingerprint density at radius 1 is 1.11 bits per heavy atom. The van der Waals surface area contributed by atoms with Crippen LogP contribution in [0.1, 0.15) is 89.5 Å². The van der Waals surface area contributed by atoms with E-state index in [1.54, 1.807) is 19.2 Å². The van der Waals surface area contributed by atoms with E-state index in [-0.39, 0.29) is 12.0 Å². The molecule has 4 atom stereocenters. The average molecular weight is 618 g/mol. The van der Waals surface area contributed by atoms with Gasteiger partial charge in [0.15, 0.2) is 6.29 Å². The van der Waals surface area contributed by atoms with Crippen LogP contribution in [0, 0.1) is 5.92 Å². The number of benzene rings is 1. The van der Waals surface area contributed by atoms with E-state index in [9.17, 15) is 18.8 Å². The quantitative estimate of drug-likeness (QED) is 0.282. The number of ether oxygens (including phenoxy) is 1. The molecule has 2 saturated heterocycles. The number of fused-ring (bicyclic) bond motifs is 1. The van der Waals surface area contributed by atoms with Crippen molar-refractivity contribution in [1.29, 1.82) is 0 Å². The number of methoxy groups -OCH3 is 1. The maximum Gasteiger partial charge on any atom is 0.211 e. The third-order valence-corrected chi connectivity index (χ3v) is 9.17. The fourth-order valence-corrected chi connectivity index (χ4v) is 6.07. The van der Waals surface area contributed by atoms with Gasteiger partial charge < -0.3 is 30.0 Å². The molecule has 0 radical (unpaired) electrons. The molecule has 2 aromatic rings. The number of piperidine rings is 1. The molecule has 0 bridgehead atoms. The Bertz CT molecular complexity index is 1150. The van der Waals surface area contributed by atoms with Crippen LogP contribution in [0.4, 0.5) is 10.1 Å². The van der Waals surface area contributed by atoms with Gasteiger partial charge in [-0.3, -0.25) is 14.5 Å². The van der Waals surface area contributed by atoms with E-state index in [1.807, 2.05) is 37.5 Å². The van der Waals surface area contributed by atoms with Crippen molar-refractivity contribution in [2.45, 2.75) is 103 Å². The van der Waals surface area contributed by atoms with Gasteiger partial charge in [-0.25, -0.2) is 4.39 Å². The van der Waals surface area contributed by atoms with E-state index < -0.39 is 12.4 Å². The first kappa shape index (κ1) is 37.5. The number of likely N-dealkylation sites (tertiary alicyclic amines) is 2. The van der Waals surface area contributed by atoms with Crippen LogP contribution in [0.15, 0.2) is 24.3 Å². The molecule has 0 aliphatic carbocycles. The minimum absolute atomic E-state index is 0.136. The molecule has 44 heavy (non-hydrogen) atoms. The summed E-state index contributed by atoms with van der Waals surface area (Å²) in [6.45, 7) is 11.7. The van der Waals surface area contributed by atoms with Gasteiger partial charge in [-0.05, 0) is 110 Å². The smallest absolute Gasteiger partial charge is 0.211 e. The number of alkyl halides is 1. The zero-order valence-electron chi connectivity index (χ0n) is 27.8. The van der Waals surface area contributed by atoms with Gasteiger partial charge in [0.05, 0.1) is 11.2 Å². The second kappa shape index (κ2) is 19.0. The first-order chi connectivity index (χ1) is 21.1. The summed E-state index contributed by atoms with van der Waals surface area (Å²) >= 11 is 0. The summed E-state index contributed by atoms with van der Waals surface area (Å²) in [5.74, 6) is 0.136. The second-order valence-electron chi connectivity index (χ2n) is 12.5. The normalized spacial score (nSPS) is 20.5. The number of nitrogens with one attached hydrogen (secondary N) is 1. The number of anilines is 1. The molecule has 3 N–H and O–H groups in total. The van der Waals surface area contributed by atoms with Crippen LogP contribution in [0.2, 0.25) is 0 Å². The molecule has 1 aromatic carbocycles. The fraction of sp³-hybridized carbons (Fsp3) is 0.676. The van der Waals surface area contributed by atoms with Crippen molar-refractivity contribution in [2.24, 2.45) is 11.7 Å². The van der Waals surface area contributed by atoms with Gasteiger partial charge in [-0.2, -0.15) is 0 Å². The molecule has 1 amide bonds. The highest BCUT2D eigenvalue weighted by atomic mass is 19.1. The van der Waals surface area contributed by atoms with Crippen LogP contribution < -0.4 is 11.1 Å². The summed E-state index contributed by atoms with van der Waals surface area (Å²) in [4.78, 5) is 37.3. The van der Waals surface area contributed by atoms with Gasteiger partial charge in [0.1, 0.15) is 18.7 Å². The SMILES string of the molecule is CC1C(N2CCCCC2)CCN1C.CCC(C=O)CCCC(N)CF.COC(C)(C)n1c(C=O)cc2cc(NC=O)ccc21. The molecule has 9 nitrogen and oxygen atoms in total. The number of halogens is 1. The monoisotopic (exact) mass is 617 g/mol. The molecular formula is C34H56FN5O4. The Kier molecular flexibility index (Phi) is 16.2. The lowest BCUT2D eigenvalue weighted by atomic mass is 9.99. The number of aldehydes is 2. The fourth-order valence-electron chi connectivity index (χ4n) is 6.07. The molecule has 1 aromatic heterocycles. The summed E-state index contributed by atoms with van der Waals surface area (Å²) in [7, 11) is 3.86. The standard InChI is InChI=1S/C14H16N2O3.C11H22N2.C9H18FNO/c1-14(2,19-3)16-12(8-17)7-10-6-11(15-9-18)4-5-13(10)16;1-10-11(6-9-12(10)2)13-7-4-3-5-8-13;1-2-8(7-12)4-3-5-9(11)6-10/h4-9H,1-3H3,(H,15,18);10-11H,3-9H2,1-2H3;7-9H,2-6,11H2,1H3. The van der Waals surface area contributed by atoms with Gasteiger partial charge >= 0.3 is 0 Å². The summed E-state index contributed by atoms with van der Waals surface area (Å²) in [6.07, 6.45) is 11.3. The molecule has 248 valence electrons. The summed E-state index contributed by atoms with van der Waals surface area (Å²) in [5.41, 5.74) is 6.85. The van der Waals surface area contributed by atoms with Crippen LogP contribution >= 0.6 is 0 Å². The van der Waals surface area contributed by atoms with Gasteiger partial charge in [0, 0.05) is 42.2 Å². The van der Waals surface area contributed by atoms with Crippen molar-refractivity contribution in [3.63, 3.8) is 0 Å². The minimum Gasteiger partial charge on any atom is -0.359 e. The van der Waals surface area contributed by atoms with Crippen LogP contribution in [0.3, 0.4) is 0 Å². The number of nitrogens with two attached hydrogens (primary N) is 1. The van der Waals surface area contributed by atoms with E-state index in [1.165, 1.54) is 45.3 Å². The van der Waals surface area contributed by atoms with E-state index in [0.717, 1.165) is 54.8 Å². The first-order valence-electron chi connectivity index (χ1n) is 16.1. The highest BCUT2D eigenvalue weighted by Gasteiger charge is 2.32. The Morgan fingerprint density at radius 3 is 2.34 bits per heavy atom. The molecular weight excluding hydrogens is 561 g/mol.